The minimum Gasteiger partial charge on any atom is -0.327 e. The molecule has 0 amide bonds. The van der Waals surface area contributed by atoms with Crippen molar-refractivity contribution in [1.82, 2.24) is 0 Å². The average molecular weight is 325 g/mol. The van der Waals surface area contributed by atoms with Crippen molar-refractivity contribution in [3.63, 3.8) is 0 Å². The van der Waals surface area contributed by atoms with Crippen LogP contribution in [0.15, 0.2) is 60.7 Å². The molecule has 0 unspecified atom stereocenters. The Morgan fingerprint density at radius 1 is 0.500 bits per heavy atom. The second-order valence-electron chi connectivity index (χ2n) is 9.09. The van der Waals surface area contributed by atoms with E-state index in [1.807, 2.05) is 0 Å². The molecule has 2 aromatic rings. The van der Waals surface area contributed by atoms with Crippen LogP contribution in [0.1, 0.15) is 23.0 Å². The van der Waals surface area contributed by atoms with Crippen molar-refractivity contribution in [3.05, 3.63) is 71.8 Å². The molecule has 128 valence electrons. The molecule has 0 heterocycles. The van der Waals surface area contributed by atoms with E-state index in [1.54, 1.807) is 0 Å². The van der Waals surface area contributed by atoms with Crippen molar-refractivity contribution in [3.8, 4) is 0 Å². The highest BCUT2D eigenvalue weighted by atomic mass is 15.4. The monoisotopic (exact) mass is 324 g/mol. The summed E-state index contributed by atoms with van der Waals surface area (Å²) in [6.45, 7) is 0. The zero-order valence-electron chi connectivity index (χ0n) is 16.0. The van der Waals surface area contributed by atoms with Crippen molar-refractivity contribution in [1.29, 1.82) is 0 Å². The van der Waals surface area contributed by atoms with Gasteiger partial charge in [0.05, 0.1) is 54.1 Å². The fourth-order valence-electron chi connectivity index (χ4n) is 4.77. The van der Waals surface area contributed by atoms with Crippen LogP contribution in [0, 0.1) is 0 Å². The Bertz CT molecular complexity index is 595. The summed E-state index contributed by atoms with van der Waals surface area (Å²) >= 11 is 0. The standard InChI is InChI=1S/C22H32N2/c1-23(2,3)21-19(17-13-9-7-10-14-17)22(24(4,5)6)20(21)18-15-11-8-12-16-18/h7-16,19-22H,1-6H3/q+2. The molecule has 2 nitrogen and oxygen atoms in total. The Balaban J connectivity index is 2.10. The summed E-state index contributed by atoms with van der Waals surface area (Å²) in [5.41, 5.74) is 2.97. The number of hydrogen-bond acceptors (Lipinski definition) is 0. The van der Waals surface area contributed by atoms with Crippen molar-refractivity contribution < 1.29 is 8.97 Å². The molecule has 0 spiro atoms. The molecule has 1 fully saturated rings. The lowest BCUT2D eigenvalue weighted by atomic mass is 9.57. The van der Waals surface area contributed by atoms with Crippen LogP contribution < -0.4 is 0 Å². The number of rotatable bonds is 4. The van der Waals surface area contributed by atoms with E-state index in [2.05, 4.69) is 103 Å². The third kappa shape index (κ3) is 3.01. The third-order valence-electron chi connectivity index (χ3n) is 5.63. The SMILES string of the molecule is C[N+](C)(C)C1C(c2ccccc2)C([N+](C)(C)C)C1c1ccccc1. The van der Waals surface area contributed by atoms with Gasteiger partial charge in [0.25, 0.3) is 0 Å². The summed E-state index contributed by atoms with van der Waals surface area (Å²) < 4.78 is 1.99. The minimum atomic E-state index is 0.580. The first kappa shape index (κ1) is 17.2. The van der Waals surface area contributed by atoms with Gasteiger partial charge in [0.1, 0.15) is 12.1 Å². The molecule has 0 N–H and O–H groups in total. The summed E-state index contributed by atoms with van der Waals surface area (Å²) in [5.74, 6) is 1.16. The van der Waals surface area contributed by atoms with Gasteiger partial charge in [-0.3, -0.25) is 0 Å². The second kappa shape index (κ2) is 6.02. The largest absolute Gasteiger partial charge is 0.327 e. The normalized spacial score (nSPS) is 27.6. The lowest BCUT2D eigenvalue weighted by Gasteiger charge is -2.60. The van der Waals surface area contributed by atoms with Crippen LogP contribution in [0.4, 0.5) is 0 Å². The van der Waals surface area contributed by atoms with Crippen molar-refractivity contribution in [2.24, 2.45) is 0 Å². The predicted molar refractivity (Wildman–Crippen MR) is 102 cm³/mol. The fourth-order valence-corrected chi connectivity index (χ4v) is 4.77. The summed E-state index contributed by atoms with van der Waals surface area (Å²) in [7, 11) is 14.1. The smallest absolute Gasteiger partial charge is 0.114 e. The highest BCUT2D eigenvalue weighted by Gasteiger charge is 2.63. The fraction of sp³-hybridized carbons (Fsp3) is 0.455. The first-order chi connectivity index (χ1) is 11.2. The number of benzene rings is 2. The maximum absolute atomic E-state index is 2.35. The highest BCUT2D eigenvalue weighted by Crippen LogP contribution is 2.54. The van der Waals surface area contributed by atoms with Crippen LogP contribution in [0.3, 0.4) is 0 Å². The number of likely N-dealkylation sites (N-methyl/N-ethyl adjacent to an activating group) is 2. The number of hydrogen-bond donors (Lipinski definition) is 0. The minimum absolute atomic E-state index is 0.580. The maximum atomic E-state index is 2.35. The van der Waals surface area contributed by atoms with Gasteiger partial charge in [0.2, 0.25) is 0 Å². The Morgan fingerprint density at radius 2 is 0.792 bits per heavy atom. The Kier molecular flexibility index (Phi) is 4.31. The summed E-state index contributed by atoms with van der Waals surface area (Å²) in [4.78, 5) is 0. The first-order valence-corrected chi connectivity index (χ1v) is 8.93. The van der Waals surface area contributed by atoms with Gasteiger partial charge in [-0.25, -0.2) is 0 Å². The van der Waals surface area contributed by atoms with Crippen LogP contribution in [0.5, 0.6) is 0 Å². The van der Waals surface area contributed by atoms with Gasteiger partial charge < -0.3 is 8.97 Å². The molecule has 0 radical (unpaired) electrons. The van der Waals surface area contributed by atoms with Gasteiger partial charge in [0.15, 0.2) is 0 Å². The van der Waals surface area contributed by atoms with Crippen molar-refractivity contribution in [2.75, 3.05) is 42.3 Å². The molecule has 0 aromatic heterocycles. The summed E-state index contributed by atoms with van der Waals surface area (Å²) in [5, 5.41) is 0. The van der Waals surface area contributed by atoms with E-state index in [0.29, 0.717) is 23.9 Å². The van der Waals surface area contributed by atoms with Gasteiger partial charge in [-0.15, -0.1) is 0 Å². The van der Waals surface area contributed by atoms with E-state index >= 15 is 0 Å². The van der Waals surface area contributed by atoms with E-state index in [9.17, 15) is 0 Å². The Labute approximate surface area is 147 Å². The number of nitrogens with zero attached hydrogens (tertiary/aromatic N) is 2. The zero-order chi connectivity index (χ0) is 17.5. The predicted octanol–water partition coefficient (Wildman–Crippen LogP) is 3.72. The molecule has 0 atom stereocenters. The summed E-state index contributed by atoms with van der Waals surface area (Å²) in [6, 6.07) is 23.4. The second-order valence-corrected chi connectivity index (χ2v) is 9.09. The van der Waals surface area contributed by atoms with Gasteiger partial charge in [-0.2, -0.15) is 0 Å². The van der Waals surface area contributed by atoms with E-state index in [-0.39, 0.29) is 0 Å². The quantitative estimate of drug-likeness (QED) is 0.752. The van der Waals surface area contributed by atoms with Gasteiger partial charge in [-0.1, -0.05) is 60.7 Å². The first-order valence-electron chi connectivity index (χ1n) is 8.93. The summed E-state index contributed by atoms with van der Waals surface area (Å²) in [6.07, 6.45) is 0. The zero-order valence-corrected chi connectivity index (χ0v) is 16.0. The molecule has 1 aliphatic carbocycles. The average Bonchev–Trinajstić information content (AvgIpc) is 2.45. The van der Waals surface area contributed by atoms with E-state index in [1.165, 1.54) is 11.1 Å². The van der Waals surface area contributed by atoms with Crippen molar-refractivity contribution in [2.45, 2.75) is 23.9 Å². The highest BCUT2D eigenvalue weighted by molar-refractivity contribution is 5.36. The van der Waals surface area contributed by atoms with Gasteiger partial charge in [-0.05, 0) is 11.1 Å². The molecule has 1 saturated carbocycles. The van der Waals surface area contributed by atoms with E-state index in [0.717, 1.165) is 8.97 Å². The van der Waals surface area contributed by atoms with Gasteiger partial charge >= 0.3 is 0 Å². The van der Waals surface area contributed by atoms with E-state index in [4.69, 9.17) is 0 Å². The molecular formula is C22H32N2+2. The molecule has 0 bridgehead atoms. The molecule has 3 rings (SSSR count). The van der Waals surface area contributed by atoms with Crippen molar-refractivity contribution >= 4 is 0 Å². The molecule has 24 heavy (non-hydrogen) atoms. The molecule has 0 saturated heterocycles. The molecule has 1 aliphatic rings. The van der Waals surface area contributed by atoms with E-state index < -0.39 is 0 Å². The topological polar surface area (TPSA) is 0 Å². The molecular weight excluding hydrogens is 292 g/mol. The van der Waals surface area contributed by atoms with Crippen LogP contribution in [-0.2, 0) is 0 Å². The maximum Gasteiger partial charge on any atom is 0.114 e. The number of quaternary nitrogens is 2. The van der Waals surface area contributed by atoms with Crippen LogP contribution in [-0.4, -0.2) is 63.3 Å². The molecule has 0 aliphatic heterocycles. The van der Waals surface area contributed by atoms with Crippen LogP contribution in [0.2, 0.25) is 0 Å². The van der Waals surface area contributed by atoms with Crippen LogP contribution >= 0.6 is 0 Å². The molecule has 2 heteroatoms. The third-order valence-corrected chi connectivity index (χ3v) is 5.63. The Hall–Kier alpha value is -1.64. The van der Waals surface area contributed by atoms with Gasteiger partial charge in [0, 0.05) is 0 Å². The van der Waals surface area contributed by atoms with Crippen LogP contribution in [0.25, 0.3) is 0 Å². The lowest BCUT2D eigenvalue weighted by molar-refractivity contribution is -0.953. The lowest BCUT2D eigenvalue weighted by Crippen LogP contribution is -2.71. The molecule has 2 aromatic carbocycles. The Morgan fingerprint density at radius 3 is 1.04 bits per heavy atom.